The number of amides is 1. The van der Waals surface area contributed by atoms with Crippen molar-refractivity contribution in [1.29, 1.82) is 0 Å². The Kier molecular flexibility index (Phi) is 5.80. The van der Waals surface area contributed by atoms with Gasteiger partial charge in [0, 0.05) is 33.4 Å². The quantitative estimate of drug-likeness (QED) is 0.592. The van der Waals surface area contributed by atoms with Gasteiger partial charge in [-0.25, -0.2) is 4.79 Å². The van der Waals surface area contributed by atoms with Gasteiger partial charge in [-0.15, -0.1) is 6.58 Å². The number of nitrogens with zero attached hydrogens (tertiary/aromatic N) is 2. The first-order chi connectivity index (χ1) is 10.1. The zero-order valence-corrected chi connectivity index (χ0v) is 14.4. The van der Waals surface area contributed by atoms with Crippen LogP contribution in [0.2, 0.25) is 0 Å². The molecule has 0 aromatic heterocycles. The number of piperidine rings is 1. The van der Waals surface area contributed by atoms with E-state index in [4.69, 9.17) is 4.74 Å². The van der Waals surface area contributed by atoms with Crippen LogP contribution in [0.3, 0.4) is 0 Å². The Morgan fingerprint density at radius 1 is 1.23 bits per heavy atom. The fourth-order valence-electron chi connectivity index (χ4n) is 2.35. The van der Waals surface area contributed by atoms with Crippen LogP contribution < -0.4 is 0 Å². The van der Waals surface area contributed by atoms with E-state index in [-0.39, 0.29) is 11.9 Å². The topological polar surface area (TPSA) is 49.9 Å². The molecule has 0 aromatic carbocycles. The van der Waals surface area contributed by atoms with E-state index in [1.54, 1.807) is 23.3 Å². The summed E-state index contributed by atoms with van der Waals surface area (Å²) < 4.78 is 5.37. The molecule has 124 valence electrons. The summed E-state index contributed by atoms with van der Waals surface area (Å²) in [6.07, 6.45) is 5.89. The molecule has 0 saturated carbocycles. The van der Waals surface area contributed by atoms with Gasteiger partial charge >= 0.3 is 6.09 Å². The SMILES string of the molecule is C=CC1(C(=O)/C=C\N(C)C)CCN(C(=O)OC(C)(C)C)CC1. The summed E-state index contributed by atoms with van der Waals surface area (Å²) in [6, 6.07) is 0. The highest BCUT2D eigenvalue weighted by Gasteiger charge is 2.39. The van der Waals surface area contributed by atoms with Gasteiger partial charge < -0.3 is 14.5 Å². The number of allylic oxidation sites excluding steroid dienone is 2. The standard InChI is InChI=1S/C17H28N2O3/c1-7-17(14(20)8-11-18(5)6)9-12-19(13-10-17)15(21)22-16(2,3)4/h7-8,11H,1,9-10,12-13H2,2-6H3/b11-8-. The van der Waals surface area contributed by atoms with Gasteiger partial charge in [0.2, 0.25) is 0 Å². The molecule has 5 nitrogen and oxygen atoms in total. The van der Waals surface area contributed by atoms with Crippen LogP contribution in [0.15, 0.2) is 24.9 Å². The van der Waals surface area contributed by atoms with Crippen molar-refractivity contribution < 1.29 is 14.3 Å². The highest BCUT2D eigenvalue weighted by molar-refractivity contribution is 5.96. The van der Waals surface area contributed by atoms with Gasteiger partial charge in [-0.1, -0.05) is 6.08 Å². The van der Waals surface area contributed by atoms with Gasteiger partial charge in [-0.05, 0) is 39.7 Å². The van der Waals surface area contributed by atoms with Crippen LogP contribution >= 0.6 is 0 Å². The molecule has 1 saturated heterocycles. The lowest BCUT2D eigenvalue weighted by atomic mass is 9.75. The Bertz CT molecular complexity index is 453. The maximum Gasteiger partial charge on any atom is 0.410 e. The molecule has 22 heavy (non-hydrogen) atoms. The van der Waals surface area contributed by atoms with Crippen molar-refractivity contribution in [2.75, 3.05) is 27.2 Å². The molecule has 0 unspecified atom stereocenters. The van der Waals surface area contributed by atoms with E-state index < -0.39 is 11.0 Å². The molecule has 0 radical (unpaired) electrons. The van der Waals surface area contributed by atoms with E-state index >= 15 is 0 Å². The van der Waals surface area contributed by atoms with Crippen molar-refractivity contribution in [2.45, 2.75) is 39.2 Å². The van der Waals surface area contributed by atoms with E-state index in [2.05, 4.69) is 6.58 Å². The monoisotopic (exact) mass is 308 g/mol. The lowest BCUT2D eigenvalue weighted by molar-refractivity contribution is -0.123. The van der Waals surface area contributed by atoms with Crippen LogP contribution in [0.5, 0.6) is 0 Å². The number of hydrogen-bond donors (Lipinski definition) is 0. The van der Waals surface area contributed by atoms with E-state index in [9.17, 15) is 9.59 Å². The van der Waals surface area contributed by atoms with Crippen molar-refractivity contribution in [2.24, 2.45) is 5.41 Å². The minimum atomic E-state index is -0.578. The van der Waals surface area contributed by atoms with Gasteiger partial charge in [0.15, 0.2) is 5.78 Å². The maximum absolute atomic E-state index is 12.4. The Labute approximate surface area is 133 Å². The molecule has 0 aromatic rings. The summed E-state index contributed by atoms with van der Waals surface area (Å²) in [5.74, 6) is 0.0417. The highest BCUT2D eigenvalue weighted by atomic mass is 16.6. The molecule has 1 heterocycles. The van der Waals surface area contributed by atoms with E-state index in [0.717, 1.165) is 0 Å². The van der Waals surface area contributed by atoms with Gasteiger partial charge in [-0.3, -0.25) is 4.79 Å². The zero-order chi connectivity index (χ0) is 17.0. The van der Waals surface area contributed by atoms with E-state index in [1.165, 1.54) is 0 Å². The second-order valence-corrected chi connectivity index (χ2v) is 6.97. The van der Waals surface area contributed by atoms with Crippen molar-refractivity contribution in [3.05, 3.63) is 24.9 Å². The third kappa shape index (κ3) is 4.90. The normalized spacial score (nSPS) is 18.1. The predicted octanol–water partition coefficient (Wildman–Crippen LogP) is 2.83. The Balaban J connectivity index is 2.70. The molecule has 1 rings (SSSR count). The minimum absolute atomic E-state index is 0.0417. The average molecular weight is 308 g/mol. The minimum Gasteiger partial charge on any atom is -0.444 e. The van der Waals surface area contributed by atoms with Crippen LogP contribution in [-0.4, -0.2) is 54.5 Å². The first kappa shape index (κ1) is 18.3. The molecule has 0 bridgehead atoms. The van der Waals surface area contributed by atoms with Crippen LogP contribution in [0.4, 0.5) is 4.79 Å². The lowest BCUT2D eigenvalue weighted by Crippen LogP contribution is -2.46. The summed E-state index contributed by atoms with van der Waals surface area (Å²) in [4.78, 5) is 28.0. The first-order valence-electron chi connectivity index (χ1n) is 7.60. The molecule has 1 aliphatic heterocycles. The third-order valence-corrected chi connectivity index (χ3v) is 3.71. The number of hydrogen-bond acceptors (Lipinski definition) is 4. The Morgan fingerprint density at radius 2 is 1.77 bits per heavy atom. The second kappa shape index (κ2) is 6.99. The fraction of sp³-hybridized carbons (Fsp3) is 0.647. The number of rotatable bonds is 4. The van der Waals surface area contributed by atoms with Crippen LogP contribution in [-0.2, 0) is 9.53 Å². The van der Waals surface area contributed by atoms with Crippen LogP contribution in [0.25, 0.3) is 0 Å². The average Bonchev–Trinajstić information content (AvgIpc) is 2.42. The van der Waals surface area contributed by atoms with Crippen molar-refractivity contribution in [1.82, 2.24) is 9.80 Å². The molecule has 0 aliphatic carbocycles. The summed E-state index contributed by atoms with van der Waals surface area (Å²) in [5.41, 5.74) is -1.08. The molecule has 5 heteroatoms. The first-order valence-corrected chi connectivity index (χ1v) is 7.60. The van der Waals surface area contributed by atoms with Gasteiger partial charge in [0.05, 0.1) is 5.41 Å². The van der Waals surface area contributed by atoms with Crippen LogP contribution in [0.1, 0.15) is 33.6 Å². The van der Waals surface area contributed by atoms with Gasteiger partial charge in [0.25, 0.3) is 0 Å². The molecule has 0 spiro atoms. The number of carbonyl (C=O) groups is 2. The van der Waals surface area contributed by atoms with Crippen LogP contribution in [0, 0.1) is 5.41 Å². The van der Waals surface area contributed by atoms with Gasteiger partial charge in [0.1, 0.15) is 5.60 Å². The van der Waals surface area contributed by atoms with Crippen molar-refractivity contribution in [3.8, 4) is 0 Å². The highest BCUT2D eigenvalue weighted by Crippen LogP contribution is 2.34. The largest absolute Gasteiger partial charge is 0.444 e. The molecule has 1 aliphatic rings. The molecular formula is C17H28N2O3. The Hall–Kier alpha value is -1.78. The van der Waals surface area contributed by atoms with Crippen molar-refractivity contribution >= 4 is 11.9 Å². The molecule has 1 fully saturated rings. The van der Waals surface area contributed by atoms with E-state index in [0.29, 0.717) is 25.9 Å². The molecule has 0 N–H and O–H groups in total. The second-order valence-electron chi connectivity index (χ2n) is 6.97. The summed E-state index contributed by atoms with van der Waals surface area (Å²) >= 11 is 0. The third-order valence-electron chi connectivity index (χ3n) is 3.71. The number of ketones is 1. The van der Waals surface area contributed by atoms with Gasteiger partial charge in [-0.2, -0.15) is 0 Å². The molecular weight excluding hydrogens is 280 g/mol. The number of likely N-dealkylation sites (tertiary alicyclic amines) is 1. The molecule has 1 amide bonds. The van der Waals surface area contributed by atoms with E-state index in [1.807, 2.05) is 39.8 Å². The maximum atomic E-state index is 12.4. The summed E-state index contributed by atoms with van der Waals surface area (Å²) in [6.45, 7) is 10.4. The summed E-state index contributed by atoms with van der Waals surface area (Å²) in [5, 5.41) is 0. The number of carbonyl (C=O) groups excluding carboxylic acids is 2. The molecule has 0 atom stereocenters. The smallest absolute Gasteiger partial charge is 0.410 e. The summed E-state index contributed by atoms with van der Waals surface area (Å²) in [7, 11) is 3.74. The lowest BCUT2D eigenvalue weighted by Gasteiger charge is -2.38. The Morgan fingerprint density at radius 3 is 2.18 bits per heavy atom. The fourth-order valence-corrected chi connectivity index (χ4v) is 2.35. The zero-order valence-electron chi connectivity index (χ0n) is 14.4. The number of ether oxygens (including phenoxy) is 1. The van der Waals surface area contributed by atoms with Crippen molar-refractivity contribution in [3.63, 3.8) is 0 Å². The predicted molar refractivity (Wildman–Crippen MR) is 87.5 cm³/mol.